The van der Waals surface area contributed by atoms with Crippen molar-refractivity contribution in [3.8, 4) is 10.4 Å². The van der Waals surface area contributed by atoms with Crippen LogP contribution in [0.25, 0.3) is 10.4 Å². The first-order valence-electron chi connectivity index (χ1n) is 4.39. The molecule has 1 aromatic heterocycles. The van der Waals surface area contributed by atoms with Crippen LogP contribution in [0.2, 0.25) is 9.36 Å². The van der Waals surface area contributed by atoms with Crippen molar-refractivity contribution in [2.24, 2.45) is 0 Å². The molecular formula is C11H9Cl2NS. The highest BCUT2D eigenvalue weighted by atomic mass is 35.5. The average Bonchev–Trinajstić information content (AvgIpc) is 2.52. The molecule has 15 heavy (non-hydrogen) atoms. The van der Waals surface area contributed by atoms with Crippen LogP contribution in [0.4, 0.5) is 5.69 Å². The normalized spacial score (nSPS) is 10.6. The van der Waals surface area contributed by atoms with Gasteiger partial charge in [0.15, 0.2) is 0 Å². The number of hydrogen-bond acceptors (Lipinski definition) is 2. The molecule has 1 aromatic carbocycles. The molecule has 2 aromatic rings. The van der Waals surface area contributed by atoms with Crippen LogP contribution in [-0.2, 0) is 0 Å². The van der Waals surface area contributed by atoms with Gasteiger partial charge in [-0.2, -0.15) is 0 Å². The van der Waals surface area contributed by atoms with Gasteiger partial charge in [-0.3, -0.25) is 0 Å². The Morgan fingerprint density at radius 3 is 2.47 bits per heavy atom. The summed E-state index contributed by atoms with van der Waals surface area (Å²) in [5.74, 6) is 0. The minimum absolute atomic E-state index is 0.582. The lowest BCUT2D eigenvalue weighted by Crippen LogP contribution is -1.85. The van der Waals surface area contributed by atoms with Crippen LogP contribution in [0, 0.1) is 6.92 Å². The second kappa shape index (κ2) is 4.05. The number of hydrogen-bond donors (Lipinski definition) is 1. The molecule has 0 aliphatic heterocycles. The highest BCUT2D eigenvalue weighted by Crippen LogP contribution is 2.36. The van der Waals surface area contributed by atoms with Gasteiger partial charge in [0.25, 0.3) is 0 Å². The Hall–Kier alpha value is -0.700. The molecule has 0 spiro atoms. The largest absolute Gasteiger partial charge is 0.398 e. The Morgan fingerprint density at radius 2 is 1.93 bits per heavy atom. The molecule has 0 saturated carbocycles. The van der Waals surface area contributed by atoms with Gasteiger partial charge in [0.1, 0.15) is 0 Å². The van der Waals surface area contributed by atoms with Gasteiger partial charge in [-0.25, -0.2) is 0 Å². The summed E-state index contributed by atoms with van der Waals surface area (Å²) in [7, 11) is 0. The van der Waals surface area contributed by atoms with E-state index in [1.54, 1.807) is 17.4 Å². The molecule has 0 aliphatic carbocycles. The Morgan fingerprint density at radius 1 is 1.20 bits per heavy atom. The van der Waals surface area contributed by atoms with E-state index in [2.05, 4.69) is 6.07 Å². The molecule has 4 heteroatoms. The fourth-order valence-corrected chi connectivity index (χ4v) is 2.61. The van der Waals surface area contributed by atoms with Crippen LogP contribution in [0.3, 0.4) is 0 Å². The van der Waals surface area contributed by atoms with E-state index >= 15 is 0 Å². The molecule has 0 unspecified atom stereocenters. The number of nitrogen functional groups attached to an aromatic ring is 1. The number of halogens is 2. The summed E-state index contributed by atoms with van der Waals surface area (Å²) in [6, 6.07) is 7.66. The van der Waals surface area contributed by atoms with E-state index in [1.165, 1.54) is 0 Å². The van der Waals surface area contributed by atoms with Crippen molar-refractivity contribution in [2.75, 3.05) is 5.73 Å². The van der Waals surface area contributed by atoms with E-state index < -0.39 is 0 Å². The zero-order valence-electron chi connectivity index (χ0n) is 8.05. The number of nitrogens with two attached hydrogens (primary N) is 1. The van der Waals surface area contributed by atoms with Crippen LogP contribution in [0.15, 0.2) is 24.3 Å². The summed E-state index contributed by atoms with van der Waals surface area (Å²) in [4.78, 5) is 1.11. The molecular weight excluding hydrogens is 249 g/mol. The molecule has 0 aliphatic rings. The maximum absolute atomic E-state index is 6.01. The molecule has 2 rings (SSSR count). The number of rotatable bonds is 1. The third-order valence-electron chi connectivity index (χ3n) is 2.14. The number of benzene rings is 1. The summed E-state index contributed by atoms with van der Waals surface area (Å²) < 4.78 is 0.818. The highest BCUT2D eigenvalue weighted by molar-refractivity contribution is 7.19. The summed E-state index contributed by atoms with van der Waals surface area (Å²) in [5, 5.41) is 0.582. The molecule has 0 bridgehead atoms. The predicted octanol–water partition coefficient (Wildman–Crippen LogP) is 4.61. The van der Waals surface area contributed by atoms with E-state index in [0.717, 1.165) is 20.3 Å². The topological polar surface area (TPSA) is 26.0 Å². The van der Waals surface area contributed by atoms with Crippen molar-refractivity contribution in [3.63, 3.8) is 0 Å². The first kappa shape index (κ1) is 10.8. The number of thiophene rings is 1. The fourth-order valence-electron chi connectivity index (χ4n) is 1.30. The van der Waals surface area contributed by atoms with Gasteiger partial charge in [-0.1, -0.05) is 29.3 Å². The number of aryl methyl sites for hydroxylation is 1. The summed E-state index contributed by atoms with van der Waals surface area (Å²) in [6.07, 6.45) is 0. The Bertz CT molecular complexity index is 486. The van der Waals surface area contributed by atoms with Gasteiger partial charge in [-0.05, 0) is 36.2 Å². The second-order valence-electron chi connectivity index (χ2n) is 3.30. The van der Waals surface area contributed by atoms with Gasteiger partial charge in [0, 0.05) is 4.88 Å². The van der Waals surface area contributed by atoms with Gasteiger partial charge in [-0.15, -0.1) is 11.3 Å². The molecule has 0 saturated heterocycles. The maximum atomic E-state index is 6.01. The molecule has 0 amide bonds. The third kappa shape index (κ3) is 2.12. The summed E-state index contributed by atoms with van der Waals surface area (Å²) in [6.45, 7) is 1.99. The lowest BCUT2D eigenvalue weighted by Gasteiger charge is -2.01. The Balaban J connectivity index is 2.49. The van der Waals surface area contributed by atoms with Crippen LogP contribution in [-0.4, -0.2) is 0 Å². The van der Waals surface area contributed by atoms with Crippen molar-refractivity contribution in [1.29, 1.82) is 0 Å². The molecule has 0 radical (unpaired) electrons. The van der Waals surface area contributed by atoms with Crippen molar-refractivity contribution in [3.05, 3.63) is 39.2 Å². The molecule has 0 atom stereocenters. The van der Waals surface area contributed by atoms with Gasteiger partial charge >= 0.3 is 0 Å². The average molecular weight is 258 g/mol. The van der Waals surface area contributed by atoms with E-state index in [4.69, 9.17) is 28.9 Å². The van der Waals surface area contributed by atoms with E-state index in [0.29, 0.717) is 10.7 Å². The minimum atomic E-state index is 0.582. The monoisotopic (exact) mass is 257 g/mol. The SMILES string of the molecule is Cc1cc(-c2ccc(Cl)c(N)c2)sc1Cl. The Kier molecular flexibility index (Phi) is 2.91. The quantitative estimate of drug-likeness (QED) is 0.742. The van der Waals surface area contributed by atoms with Gasteiger partial charge in [0.05, 0.1) is 15.0 Å². The smallest absolute Gasteiger partial charge is 0.0963 e. The van der Waals surface area contributed by atoms with Crippen molar-refractivity contribution in [2.45, 2.75) is 6.92 Å². The first-order chi connectivity index (χ1) is 7.08. The minimum Gasteiger partial charge on any atom is -0.398 e. The third-order valence-corrected chi connectivity index (χ3v) is 4.09. The first-order valence-corrected chi connectivity index (χ1v) is 5.96. The van der Waals surface area contributed by atoms with Crippen molar-refractivity contribution >= 4 is 40.2 Å². The lowest BCUT2D eigenvalue weighted by molar-refractivity contribution is 1.55. The number of anilines is 1. The van der Waals surface area contributed by atoms with Gasteiger partial charge < -0.3 is 5.73 Å². The van der Waals surface area contributed by atoms with Crippen LogP contribution in [0.1, 0.15) is 5.56 Å². The zero-order valence-corrected chi connectivity index (χ0v) is 10.4. The summed E-state index contributed by atoms with van der Waals surface area (Å²) in [5.41, 5.74) is 8.48. The van der Waals surface area contributed by atoms with Crippen LogP contribution < -0.4 is 5.73 Å². The molecule has 78 valence electrons. The fraction of sp³-hybridized carbons (Fsp3) is 0.0909. The van der Waals surface area contributed by atoms with E-state index in [9.17, 15) is 0 Å². The van der Waals surface area contributed by atoms with E-state index in [-0.39, 0.29) is 0 Å². The van der Waals surface area contributed by atoms with E-state index in [1.807, 2.05) is 19.1 Å². The zero-order chi connectivity index (χ0) is 11.0. The van der Waals surface area contributed by atoms with Crippen LogP contribution >= 0.6 is 34.5 Å². The molecule has 2 N–H and O–H groups in total. The Labute approximate surface area is 102 Å². The predicted molar refractivity (Wildman–Crippen MR) is 68.9 cm³/mol. The van der Waals surface area contributed by atoms with Crippen molar-refractivity contribution < 1.29 is 0 Å². The molecule has 1 nitrogen and oxygen atoms in total. The molecule has 0 fully saturated rings. The standard InChI is InChI=1S/C11H9Cl2NS/c1-6-4-10(15-11(6)13)7-2-3-8(12)9(14)5-7/h2-5H,14H2,1H3. The highest BCUT2D eigenvalue weighted by Gasteiger charge is 2.06. The maximum Gasteiger partial charge on any atom is 0.0963 e. The van der Waals surface area contributed by atoms with Gasteiger partial charge in [0.2, 0.25) is 0 Å². The lowest BCUT2D eigenvalue weighted by atomic mass is 10.1. The van der Waals surface area contributed by atoms with Crippen LogP contribution in [0.5, 0.6) is 0 Å². The second-order valence-corrected chi connectivity index (χ2v) is 5.37. The summed E-state index contributed by atoms with van der Waals surface area (Å²) >= 11 is 13.4. The van der Waals surface area contributed by atoms with Crippen molar-refractivity contribution in [1.82, 2.24) is 0 Å². The molecule has 1 heterocycles.